The lowest BCUT2D eigenvalue weighted by Gasteiger charge is -2.09. The summed E-state index contributed by atoms with van der Waals surface area (Å²) in [5, 5.41) is 3.07. The predicted molar refractivity (Wildman–Crippen MR) is 131 cm³/mol. The first-order chi connectivity index (χ1) is 15.8. The van der Waals surface area contributed by atoms with Crippen LogP contribution < -0.4 is 5.32 Å². The van der Waals surface area contributed by atoms with Gasteiger partial charge in [-0.05, 0) is 28.3 Å². The summed E-state index contributed by atoms with van der Waals surface area (Å²) in [6.45, 7) is 0. The standard InChI is InChI=1S/C28H22N4/c1-29-28-31-26(23-17-15-22(16-18-23)20-9-4-2-5-10-20)30-27(32-28)25-14-8-13-24(19-25)21-11-6-3-7-12-21/h2-19H,1H3,(H,29,30,31,32). The molecule has 0 aliphatic rings. The summed E-state index contributed by atoms with van der Waals surface area (Å²) in [7, 11) is 1.82. The van der Waals surface area contributed by atoms with Crippen LogP contribution in [0.2, 0.25) is 0 Å². The second kappa shape index (κ2) is 8.82. The number of nitrogens with zero attached hydrogens (tertiary/aromatic N) is 3. The fourth-order valence-electron chi connectivity index (χ4n) is 3.66. The van der Waals surface area contributed by atoms with Crippen molar-refractivity contribution in [2.75, 3.05) is 12.4 Å². The number of rotatable bonds is 5. The van der Waals surface area contributed by atoms with Crippen LogP contribution in [0.4, 0.5) is 5.95 Å². The van der Waals surface area contributed by atoms with Crippen molar-refractivity contribution in [3.8, 4) is 45.0 Å². The van der Waals surface area contributed by atoms with E-state index in [9.17, 15) is 0 Å². The number of anilines is 1. The molecule has 32 heavy (non-hydrogen) atoms. The minimum atomic E-state index is 0.544. The first-order valence-electron chi connectivity index (χ1n) is 10.6. The number of hydrogen-bond acceptors (Lipinski definition) is 4. The topological polar surface area (TPSA) is 50.7 Å². The third kappa shape index (κ3) is 4.12. The molecule has 4 nitrogen and oxygen atoms in total. The first kappa shape index (κ1) is 19.6. The van der Waals surface area contributed by atoms with E-state index in [0.717, 1.165) is 27.8 Å². The maximum absolute atomic E-state index is 4.80. The molecule has 0 aliphatic carbocycles. The molecule has 5 rings (SSSR count). The van der Waals surface area contributed by atoms with Gasteiger partial charge in [-0.3, -0.25) is 0 Å². The van der Waals surface area contributed by atoms with Crippen LogP contribution in [0.5, 0.6) is 0 Å². The van der Waals surface area contributed by atoms with Crippen LogP contribution in [0.25, 0.3) is 45.0 Å². The molecule has 0 spiro atoms. The van der Waals surface area contributed by atoms with Gasteiger partial charge in [0.05, 0.1) is 0 Å². The summed E-state index contributed by atoms with van der Waals surface area (Å²) < 4.78 is 0. The molecule has 1 heterocycles. The molecular weight excluding hydrogens is 392 g/mol. The molecule has 0 unspecified atom stereocenters. The van der Waals surface area contributed by atoms with Gasteiger partial charge in [0.2, 0.25) is 5.95 Å². The maximum atomic E-state index is 4.80. The van der Waals surface area contributed by atoms with Gasteiger partial charge in [-0.1, -0.05) is 103 Å². The molecule has 0 saturated carbocycles. The van der Waals surface area contributed by atoms with Crippen molar-refractivity contribution in [2.45, 2.75) is 0 Å². The molecule has 0 saturated heterocycles. The largest absolute Gasteiger partial charge is 0.357 e. The molecular formula is C28H22N4. The highest BCUT2D eigenvalue weighted by Crippen LogP contribution is 2.27. The van der Waals surface area contributed by atoms with E-state index in [1.165, 1.54) is 5.56 Å². The molecule has 0 atom stereocenters. The van der Waals surface area contributed by atoms with Gasteiger partial charge in [-0.2, -0.15) is 9.97 Å². The van der Waals surface area contributed by atoms with Gasteiger partial charge < -0.3 is 5.32 Å². The Morgan fingerprint density at radius 3 is 1.53 bits per heavy atom. The zero-order chi connectivity index (χ0) is 21.8. The Balaban J connectivity index is 1.53. The van der Waals surface area contributed by atoms with E-state index in [-0.39, 0.29) is 0 Å². The average Bonchev–Trinajstić information content (AvgIpc) is 2.89. The third-order valence-corrected chi connectivity index (χ3v) is 5.34. The van der Waals surface area contributed by atoms with Crippen LogP contribution in [-0.4, -0.2) is 22.0 Å². The van der Waals surface area contributed by atoms with Crippen molar-refractivity contribution >= 4 is 5.95 Å². The smallest absolute Gasteiger partial charge is 0.226 e. The van der Waals surface area contributed by atoms with E-state index in [1.54, 1.807) is 0 Å². The molecule has 0 radical (unpaired) electrons. The Bertz CT molecular complexity index is 1330. The quantitative estimate of drug-likeness (QED) is 0.353. The second-order valence-electron chi connectivity index (χ2n) is 7.45. The van der Waals surface area contributed by atoms with Gasteiger partial charge in [-0.25, -0.2) is 4.98 Å². The van der Waals surface area contributed by atoms with Crippen molar-refractivity contribution in [1.29, 1.82) is 0 Å². The van der Waals surface area contributed by atoms with Crippen molar-refractivity contribution in [3.05, 3.63) is 109 Å². The molecule has 5 aromatic rings. The number of hydrogen-bond donors (Lipinski definition) is 1. The van der Waals surface area contributed by atoms with Gasteiger partial charge in [0, 0.05) is 18.2 Å². The van der Waals surface area contributed by atoms with E-state index >= 15 is 0 Å². The van der Waals surface area contributed by atoms with Gasteiger partial charge in [0.15, 0.2) is 11.6 Å². The van der Waals surface area contributed by atoms with Crippen molar-refractivity contribution in [1.82, 2.24) is 15.0 Å². The normalized spacial score (nSPS) is 10.7. The zero-order valence-electron chi connectivity index (χ0n) is 17.7. The minimum Gasteiger partial charge on any atom is -0.357 e. The van der Waals surface area contributed by atoms with Crippen LogP contribution in [0.15, 0.2) is 109 Å². The predicted octanol–water partition coefficient (Wildman–Crippen LogP) is 6.58. The van der Waals surface area contributed by atoms with Crippen molar-refractivity contribution in [2.24, 2.45) is 0 Å². The average molecular weight is 415 g/mol. The van der Waals surface area contributed by atoms with Gasteiger partial charge in [-0.15, -0.1) is 0 Å². The summed E-state index contributed by atoms with van der Waals surface area (Å²) in [6.07, 6.45) is 0. The Morgan fingerprint density at radius 2 is 0.906 bits per heavy atom. The molecule has 0 aliphatic heterocycles. The van der Waals surface area contributed by atoms with E-state index in [4.69, 9.17) is 4.98 Å². The van der Waals surface area contributed by atoms with Gasteiger partial charge in [0.1, 0.15) is 0 Å². The lowest BCUT2D eigenvalue weighted by Crippen LogP contribution is -2.03. The highest BCUT2D eigenvalue weighted by atomic mass is 15.1. The molecule has 1 aromatic heterocycles. The van der Waals surface area contributed by atoms with Crippen LogP contribution in [0.3, 0.4) is 0 Å². The Kier molecular flexibility index (Phi) is 5.41. The lowest BCUT2D eigenvalue weighted by molar-refractivity contribution is 1.06. The first-order valence-corrected chi connectivity index (χ1v) is 10.6. The number of aromatic nitrogens is 3. The monoisotopic (exact) mass is 414 g/mol. The molecule has 4 heteroatoms. The van der Waals surface area contributed by atoms with E-state index in [1.807, 2.05) is 55.6 Å². The summed E-state index contributed by atoms with van der Waals surface area (Å²) in [5.41, 5.74) is 6.53. The van der Waals surface area contributed by atoms with E-state index in [0.29, 0.717) is 17.6 Å². The van der Waals surface area contributed by atoms with Crippen LogP contribution in [0, 0.1) is 0 Å². The molecule has 0 fully saturated rings. The fourth-order valence-corrected chi connectivity index (χ4v) is 3.66. The zero-order valence-corrected chi connectivity index (χ0v) is 17.7. The number of nitrogens with one attached hydrogen (secondary N) is 1. The SMILES string of the molecule is CNc1nc(-c2ccc(-c3ccccc3)cc2)nc(-c2cccc(-c3ccccc3)c2)n1. The molecule has 1 N–H and O–H groups in total. The van der Waals surface area contributed by atoms with Crippen molar-refractivity contribution < 1.29 is 0 Å². The Labute approximate surface area is 187 Å². The number of benzene rings is 4. The highest BCUT2D eigenvalue weighted by Gasteiger charge is 2.11. The minimum absolute atomic E-state index is 0.544. The summed E-state index contributed by atoms with van der Waals surface area (Å²) >= 11 is 0. The molecule has 4 aromatic carbocycles. The fraction of sp³-hybridized carbons (Fsp3) is 0.0357. The Hall–Kier alpha value is -4.31. The second-order valence-corrected chi connectivity index (χ2v) is 7.45. The van der Waals surface area contributed by atoms with E-state index in [2.05, 4.69) is 75.9 Å². The maximum Gasteiger partial charge on any atom is 0.226 e. The van der Waals surface area contributed by atoms with Gasteiger partial charge in [0.25, 0.3) is 0 Å². The van der Waals surface area contributed by atoms with Crippen LogP contribution in [0.1, 0.15) is 0 Å². The summed E-state index contributed by atoms with van der Waals surface area (Å²) in [5.74, 6) is 1.83. The van der Waals surface area contributed by atoms with Crippen LogP contribution in [-0.2, 0) is 0 Å². The molecule has 0 bridgehead atoms. The summed E-state index contributed by atoms with van der Waals surface area (Å²) in [4.78, 5) is 14.0. The molecule has 0 amide bonds. The highest BCUT2D eigenvalue weighted by molar-refractivity contribution is 5.72. The Morgan fingerprint density at radius 1 is 0.438 bits per heavy atom. The third-order valence-electron chi connectivity index (χ3n) is 5.34. The lowest BCUT2D eigenvalue weighted by atomic mass is 10.0. The summed E-state index contributed by atoms with van der Waals surface area (Å²) in [6, 6.07) is 37.2. The molecule has 154 valence electrons. The van der Waals surface area contributed by atoms with Gasteiger partial charge >= 0.3 is 0 Å². The van der Waals surface area contributed by atoms with Crippen LogP contribution >= 0.6 is 0 Å². The van der Waals surface area contributed by atoms with E-state index < -0.39 is 0 Å². The van der Waals surface area contributed by atoms with Crippen molar-refractivity contribution in [3.63, 3.8) is 0 Å².